The van der Waals surface area contributed by atoms with E-state index in [1.807, 2.05) is 0 Å². The molecule has 0 aliphatic heterocycles. The predicted octanol–water partition coefficient (Wildman–Crippen LogP) is 2.16. The molecule has 0 bridgehead atoms. The van der Waals surface area contributed by atoms with Gasteiger partial charge in [-0.1, -0.05) is 23.7 Å². The van der Waals surface area contributed by atoms with E-state index < -0.39 is 0 Å². The molecule has 20 heavy (non-hydrogen) atoms. The highest BCUT2D eigenvalue weighted by Crippen LogP contribution is 2.20. The van der Waals surface area contributed by atoms with Crippen LogP contribution in [0.3, 0.4) is 0 Å². The van der Waals surface area contributed by atoms with Gasteiger partial charge in [-0.3, -0.25) is 14.5 Å². The third-order valence-corrected chi connectivity index (χ3v) is 2.90. The van der Waals surface area contributed by atoms with Gasteiger partial charge in [0.05, 0.1) is 23.9 Å². The van der Waals surface area contributed by atoms with Crippen molar-refractivity contribution in [1.29, 1.82) is 0 Å². The van der Waals surface area contributed by atoms with Gasteiger partial charge in [-0.05, 0) is 26.1 Å². The number of para-hydroxylation sites is 1. The summed E-state index contributed by atoms with van der Waals surface area (Å²) >= 11 is 5.95. The Kier molecular flexibility index (Phi) is 7.04. The van der Waals surface area contributed by atoms with E-state index in [4.69, 9.17) is 16.3 Å². The minimum absolute atomic E-state index is 0.145. The number of carbonyl (C=O) groups is 2. The highest BCUT2D eigenvalue weighted by Gasteiger charge is 2.10. The average Bonchev–Trinajstić information content (AvgIpc) is 2.39. The van der Waals surface area contributed by atoms with E-state index in [2.05, 4.69) is 5.32 Å². The molecule has 1 aromatic rings. The van der Waals surface area contributed by atoms with Gasteiger partial charge in [-0.15, -0.1) is 0 Å². The molecule has 0 fully saturated rings. The van der Waals surface area contributed by atoms with Crippen LogP contribution < -0.4 is 5.32 Å². The van der Waals surface area contributed by atoms with Gasteiger partial charge in [-0.25, -0.2) is 0 Å². The topological polar surface area (TPSA) is 58.6 Å². The van der Waals surface area contributed by atoms with Crippen LogP contribution in [-0.2, 0) is 14.3 Å². The van der Waals surface area contributed by atoms with Gasteiger partial charge < -0.3 is 10.1 Å². The van der Waals surface area contributed by atoms with Crippen LogP contribution >= 0.6 is 11.6 Å². The lowest BCUT2D eigenvalue weighted by Gasteiger charge is -2.15. The van der Waals surface area contributed by atoms with Crippen LogP contribution in [0.2, 0.25) is 5.02 Å². The number of carbonyl (C=O) groups excluding carboxylic acids is 2. The number of esters is 1. The summed E-state index contributed by atoms with van der Waals surface area (Å²) in [5.41, 5.74) is 0.590. The Morgan fingerprint density at radius 1 is 1.35 bits per heavy atom. The van der Waals surface area contributed by atoms with Crippen LogP contribution in [-0.4, -0.2) is 43.5 Å². The van der Waals surface area contributed by atoms with Gasteiger partial charge in [0.25, 0.3) is 0 Å². The fourth-order valence-corrected chi connectivity index (χ4v) is 1.76. The van der Waals surface area contributed by atoms with E-state index in [9.17, 15) is 9.59 Å². The zero-order valence-electron chi connectivity index (χ0n) is 11.7. The van der Waals surface area contributed by atoms with Crippen LogP contribution in [0.1, 0.15) is 13.3 Å². The second kappa shape index (κ2) is 8.55. The Bertz CT molecular complexity index is 465. The third kappa shape index (κ3) is 6.04. The molecule has 6 heteroatoms. The fraction of sp³-hybridized carbons (Fsp3) is 0.429. The summed E-state index contributed by atoms with van der Waals surface area (Å²) < 4.78 is 4.83. The number of anilines is 1. The van der Waals surface area contributed by atoms with Crippen molar-refractivity contribution in [3.05, 3.63) is 29.3 Å². The summed E-state index contributed by atoms with van der Waals surface area (Å²) in [6.45, 7) is 2.76. The first kappa shape index (κ1) is 16.5. The van der Waals surface area contributed by atoms with E-state index in [1.165, 1.54) is 0 Å². The molecule has 1 aromatic carbocycles. The first-order valence-corrected chi connectivity index (χ1v) is 6.79. The number of hydrogen-bond donors (Lipinski definition) is 1. The van der Waals surface area contributed by atoms with Crippen LogP contribution in [0.4, 0.5) is 5.69 Å². The number of nitrogens with one attached hydrogen (secondary N) is 1. The largest absolute Gasteiger partial charge is 0.465 e. The molecule has 0 aliphatic rings. The van der Waals surface area contributed by atoms with Crippen LogP contribution in [0.15, 0.2) is 24.3 Å². The Labute approximate surface area is 123 Å². The molecular formula is C14H19ClN2O3. The molecule has 1 amide bonds. The number of ether oxygens (including phenoxy) is 1. The van der Waals surface area contributed by atoms with Gasteiger partial charge in [0.2, 0.25) is 5.91 Å². The molecular weight excluding hydrogens is 280 g/mol. The zero-order valence-corrected chi connectivity index (χ0v) is 12.4. The van der Waals surface area contributed by atoms with Crippen molar-refractivity contribution >= 4 is 29.2 Å². The summed E-state index contributed by atoms with van der Waals surface area (Å²) in [6.07, 6.45) is 0.279. The number of likely N-dealkylation sites (N-methyl/N-ethyl adjacent to an activating group) is 1. The molecule has 1 N–H and O–H groups in total. The van der Waals surface area contributed by atoms with Gasteiger partial charge in [0.1, 0.15) is 0 Å². The number of amides is 1. The van der Waals surface area contributed by atoms with Crippen LogP contribution in [0.25, 0.3) is 0 Å². The second-order valence-electron chi connectivity index (χ2n) is 4.32. The molecule has 0 unspecified atom stereocenters. The predicted molar refractivity (Wildman–Crippen MR) is 78.8 cm³/mol. The maximum Gasteiger partial charge on any atom is 0.320 e. The Hall–Kier alpha value is -1.59. The quantitative estimate of drug-likeness (QED) is 0.784. The second-order valence-corrected chi connectivity index (χ2v) is 4.73. The van der Waals surface area contributed by atoms with E-state index in [0.29, 0.717) is 23.9 Å². The van der Waals surface area contributed by atoms with Crippen molar-refractivity contribution in [2.24, 2.45) is 0 Å². The van der Waals surface area contributed by atoms with Crippen molar-refractivity contribution in [2.75, 3.05) is 32.1 Å². The highest BCUT2D eigenvalue weighted by molar-refractivity contribution is 6.33. The molecule has 0 spiro atoms. The summed E-state index contributed by atoms with van der Waals surface area (Å²) in [7, 11) is 1.76. The number of rotatable bonds is 7. The average molecular weight is 299 g/mol. The molecule has 0 radical (unpaired) electrons. The van der Waals surface area contributed by atoms with E-state index in [0.717, 1.165) is 0 Å². The first-order chi connectivity index (χ1) is 9.52. The number of halogens is 1. The molecule has 5 nitrogen and oxygen atoms in total. The maximum atomic E-state index is 11.8. The van der Waals surface area contributed by atoms with Gasteiger partial charge in [0.15, 0.2) is 0 Å². The summed E-state index contributed by atoms with van der Waals surface area (Å²) in [5.74, 6) is -0.435. The lowest BCUT2D eigenvalue weighted by Crippen LogP contribution is -2.30. The lowest BCUT2D eigenvalue weighted by atomic mass is 10.3. The smallest absolute Gasteiger partial charge is 0.320 e. The van der Waals surface area contributed by atoms with Crippen molar-refractivity contribution in [3.8, 4) is 0 Å². The first-order valence-electron chi connectivity index (χ1n) is 6.41. The molecule has 0 saturated heterocycles. The van der Waals surface area contributed by atoms with Crippen molar-refractivity contribution in [1.82, 2.24) is 4.90 Å². The normalized spacial score (nSPS) is 10.4. The maximum absolute atomic E-state index is 11.8. The number of hydrogen-bond acceptors (Lipinski definition) is 4. The molecule has 0 heterocycles. The van der Waals surface area contributed by atoms with Gasteiger partial charge >= 0.3 is 5.97 Å². The van der Waals surface area contributed by atoms with Crippen LogP contribution in [0.5, 0.6) is 0 Å². The minimum atomic E-state index is -0.290. The summed E-state index contributed by atoms with van der Waals surface area (Å²) in [6, 6.07) is 7.05. The summed E-state index contributed by atoms with van der Waals surface area (Å²) in [5, 5.41) is 3.23. The number of benzene rings is 1. The minimum Gasteiger partial charge on any atom is -0.465 e. The Morgan fingerprint density at radius 2 is 2.05 bits per heavy atom. The molecule has 0 aromatic heterocycles. The Morgan fingerprint density at radius 3 is 2.70 bits per heavy atom. The number of nitrogens with zero attached hydrogens (tertiary/aromatic N) is 1. The third-order valence-electron chi connectivity index (χ3n) is 2.57. The van der Waals surface area contributed by atoms with Crippen molar-refractivity contribution in [3.63, 3.8) is 0 Å². The lowest BCUT2D eigenvalue weighted by molar-refractivity contribution is -0.144. The van der Waals surface area contributed by atoms with Gasteiger partial charge in [-0.2, -0.15) is 0 Å². The summed E-state index contributed by atoms with van der Waals surface area (Å²) in [4.78, 5) is 24.8. The fourth-order valence-electron chi connectivity index (χ4n) is 1.57. The van der Waals surface area contributed by atoms with E-state index in [-0.39, 0.29) is 24.8 Å². The van der Waals surface area contributed by atoms with E-state index >= 15 is 0 Å². The monoisotopic (exact) mass is 298 g/mol. The van der Waals surface area contributed by atoms with Crippen LogP contribution in [0, 0.1) is 0 Å². The molecule has 0 aliphatic carbocycles. The zero-order chi connectivity index (χ0) is 15.0. The van der Waals surface area contributed by atoms with Crippen molar-refractivity contribution < 1.29 is 14.3 Å². The Balaban J connectivity index is 2.33. The molecule has 1 rings (SSSR count). The molecule has 0 atom stereocenters. The SMILES string of the molecule is CCOC(=O)CN(C)CCC(=O)Nc1ccccc1Cl. The molecule has 110 valence electrons. The van der Waals surface area contributed by atoms with Gasteiger partial charge in [0, 0.05) is 13.0 Å². The standard InChI is InChI=1S/C14H19ClN2O3/c1-3-20-14(19)10-17(2)9-8-13(18)16-12-7-5-4-6-11(12)15/h4-7H,3,8-10H2,1-2H3,(H,16,18). The van der Waals surface area contributed by atoms with Crippen molar-refractivity contribution in [2.45, 2.75) is 13.3 Å². The molecule has 0 saturated carbocycles. The highest BCUT2D eigenvalue weighted by atomic mass is 35.5. The van der Waals surface area contributed by atoms with E-state index in [1.54, 1.807) is 43.1 Å².